The summed E-state index contributed by atoms with van der Waals surface area (Å²) in [6.07, 6.45) is -5.90. The first-order valence-electron chi connectivity index (χ1n) is 8.83. The van der Waals surface area contributed by atoms with E-state index in [1.165, 1.54) is 36.4 Å². The predicted octanol–water partition coefficient (Wildman–Crippen LogP) is 2.86. The topological polar surface area (TPSA) is 88.0 Å². The first-order chi connectivity index (χ1) is 14.0. The highest BCUT2D eigenvalue weighted by Crippen LogP contribution is 2.38. The second-order valence-corrected chi connectivity index (χ2v) is 8.70. The van der Waals surface area contributed by atoms with Crippen LogP contribution >= 0.6 is 0 Å². The highest BCUT2D eigenvalue weighted by Gasteiger charge is 2.60. The molecule has 1 aliphatic rings. The highest BCUT2D eigenvalue weighted by atomic mass is 32.2. The molecule has 11 heteroatoms. The fourth-order valence-corrected chi connectivity index (χ4v) is 3.82. The van der Waals surface area contributed by atoms with E-state index in [4.69, 9.17) is 0 Å². The summed E-state index contributed by atoms with van der Waals surface area (Å²) < 4.78 is 78.9. The Balaban J connectivity index is 1.61. The van der Waals surface area contributed by atoms with Crippen LogP contribution in [-0.4, -0.2) is 37.0 Å². The number of hydrogen-bond donors (Lipinski definition) is 2. The molecule has 0 amide bonds. The smallest absolute Gasteiger partial charge is 0.350 e. The molecule has 2 N–H and O–H groups in total. The number of benzene rings is 2. The molecule has 0 spiro atoms. The quantitative estimate of drug-likeness (QED) is 0.641. The van der Waals surface area contributed by atoms with Gasteiger partial charge < -0.3 is 9.94 Å². The Labute approximate surface area is 170 Å². The molecule has 0 bridgehead atoms. The largest absolute Gasteiger partial charge is 0.458 e. The molecule has 2 aromatic rings. The SMILES string of the molecule is O=S(=O)(CCc1ccccc1F)NCc1cccc(C2=NOC(O)(C(F)(F)F)C2)c1. The average Bonchev–Trinajstić information content (AvgIpc) is 3.10. The Hall–Kier alpha value is -2.50. The van der Waals surface area contributed by atoms with E-state index < -0.39 is 34.2 Å². The van der Waals surface area contributed by atoms with E-state index in [2.05, 4.69) is 14.7 Å². The number of alkyl halides is 3. The van der Waals surface area contributed by atoms with E-state index in [9.17, 15) is 31.1 Å². The van der Waals surface area contributed by atoms with Crippen molar-refractivity contribution in [3.8, 4) is 0 Å². The van der Waals surface area contributed by atoms with E-state index in [0.29, 0.717) is 5.56 Å². The Morgan fingerprint density at radius 3 is 2.57 bits per heavy atom. The minimum Gasteiger partial charge on any atom is -0.350 e. The summed E-state index contributed by atoms with van der Waals surface area (Å²) in [5.74, 6) is -4.20. The van der Waals surface area contributed by atoms with Gasteiger partial charge in [-0.1, -0.05) is 41.6 Å². The Morgan fingerprint density at radius 1 is 1.17 bits per heavy atom. The molecule has 0 aliphatic carbocycles. The van der Waals surface area contributed by atoms with Crippen LogP contribution in [0.15, 0.2) is 53.7 Å². The number of sulfonamides is 1. The number of nitrogens with zero attached hydrogens (tertiary/aromatic N) is 1. The van der Waals surface area contributed by atoms with Crippen molar-refractivity contribution in [1.29, 1.82) is 0 Å². The normalized spacial score (nSPS) is 19.4. The zero-order chi connectivity index (χ0) is 22.0. The van der Waals surface area contributed by atoms with Crippen LogP contribution in [-0.2, 0) is 27.8 Å². The summed E-state index contributed by atoms with van der Waals surface area (Å²) in [7, 11) is -3.72. The third-order valence-electron chi connectivity index (χ3n) is 4.51. The van der Waals surface area contributed by atoms with Crippen molar-refractivity contribution in [2.24, 2.45) is 5.16 Å². The first-order valence-corrected chi connectivity index (χ1v) is 10.5. The molecular weight excluding hydrogens is 428 g/mol. The maximum Gasteiger partial charge on any atom is 0.458 e. The number of halogens is 4. The van der Waals surface area contributed by atoms with Gasteiger partial charge in [-0.2, -0.15) is 13.2 Å². The lowest BCUT2D eigenvalue weighted by Gasteiger charge is -2.22. The van der Waals surface area contributed by atoms with Crippen LogP contribution in [0.3, 0.4) is 0 Å². The molecule has 30 heavy (non-hydrogen) atoms. The van der Waals surface area contributed by atoms with Crippen LogP contribution < -0.4 is 4.72 Å². The maximum atomic E-state index is 13.6. The molecule has 1 unspecified atom stereocenters. The monoisotopic (exact) mass is 446 g/mol. The molecule has 0 fully saturated rings. The summed E-state index contributed by atoms with van der Waals surface area (Å²) in [4.78, 5) is 4.19. The van der Waals surface area contributed by atoms with E-state index in [1.54, 1.807) is 12.1 Å². The predicted molar refractivity (Wildman–Crippen MR) is 100 cm³/mol. The minimum absolute atomic E-state index is 0.00772. The average molecular weight is 446 g/mol. The fourth-order valence-electron chi connectivity index (χ4n) is 2.80. The van der Waals surface area contributed by atoms with Gasteiger partial charge in [0, 0.05) is 6.54 Å². The Kier molecular flexibility index (Phi) is 6.16. The Morgan fingerprint density at radius 2 is 1.90 bits per heavy atom. The van der Waals surface area contributed by atoms with Crippen LogP contribution in [0, 0.1) is 5.82 Å². The minimum atomic E-state index is -5.01. The van der Waals surface area contributed by atoms with Gasteiger partial charge in [0.05, 0.1) is 17.9 Å². The molecule has 1 aliphatic heterocycles. The molecule has 162 valence electrons. The molecule has 1 atom stereocenters. The molecule has 3 rings (SSSR count). The lowest BCUT2D eigenvalue weighted by molar-refractivity contribution is -0.355. The summed E-state index contributed by atoms with van der Waals surface area (Å²) in [5.41, 5.74) is 0.894. The van der Waals surface area contributed by atoms with E-state index in [0.717, 1.165) is 0 Å². The van der Waals surface area contributed by atoms with Crippen molar-refractivity contribution in [2.45, 2.75) is 31.3 Å². The summed E-state index contributed by atoms with van der Waals surface area (Å²) in [6, 6.07) is 11.9. The second-order valence-electron chi connectivity index (χ2n) is 6.77. The van der Waals surface area contributed by atoms with Crippen LogP contribution in [0.4, 0.5) is 17.6 Å². The van der Waals surface area contributed by atoms with Gasteiger partial charge in [-0.05, 0) is 35.2 Å². The molecule has 0 saturated carbocycles. The van der Waals surface area contributed by atoms with Gasteiger partial charge in [0.2, 0.25) is 10.0 Å². The lowest BCUT2D eigenvalue weighted by atomic mass is 10.0. The second kappa shape index (κ2) is 8.32. The van der Waals surface area contributed by atoms with Crippen molar-refractivity contribution in [3.63, 3.8) is 0 Å². The zero-order valence-corrected chi connectivity index (χ0v) is 16.3. The molecule has 0 radical (unpaired) electrons. The van der Waals surface area contributed by atoms with E-state index in [1.807, 2.05) is 0 Å². The molecular formula is C19H18F4N2O4S. The van der Waals surface area contributed by atoms with Gasteiger partial charge >= 0.3 is 12.0 Å². The molecule has 6 nitrogen and oxygen atoms in total. The van der Waals surface area contributed by atoms with Crippen molar-refractivity contribution >= 4 is 15.7 Å². The maximum absolute atomic E-state index is 13.6. The van der Waals surface area contributed by atoms with Gasteiger partial charge in [0.1, 0.15) is 5.82 Å². The Bertz CT molecular complexity index is 1060. The number of hydrogen-bond acceptors (Lipinski definition) is 5. The molecule has 2 aromatic carbocycles. The van der Waals surface area contributed by atoms with Crippen molar-refractivity contribution in [1.82, 2.24) is 4.72 Å². The van der Waals surface area contributed by atoms with Crippen molar-refractivity contribution < 1.29 is 35.9 Å². The molecule has 1 heterocycles. The standard InChI is InChI=1S/C19H18F4N2O4S/c20-16-7-2-1-5-14(16)8-9-30(27,28)24-12-13-4-3-6-15(10-13)17-11-18(26,29-25-17)19(21,22)23/h1-7,10,24,26H,8-9,11-12H2. The summed E-state index contributed by atoms with van der Waals surface area (Å²) in [6.45, 7) is -0.120. The number of aliphatic hydroxyl groups is 1. The third-order valence-corrected chi connectivity index (χ3v) is 5.84. The van der Waals surface area contributed by atoms with Crippen molar-refractivity contribution in [3.05, 3.63) is 71.0 Å². The summed E-state index contributed by atoms with van der Waals surface area (Å²) >= 11 is 0. The van der Waals surface area contributed by atoms with E-state index >= 15 is 0 Å². The highest BCUT2D eigenvalue weighted by molar-refractivity contribution is 7.89. The number of aryl methyl sites for hydroxylation is 1. The molecule has 0 saturated heterocycles. The first kappa shape index (κ1) is 22.2. The third kappa shape index (κ3) is 5.15. The number of rotatable bonds is 7. The van der Waals surface area contributed by atoms with Crippen LogP contribution in [0.1, 0.15) is 23.1 Å². The fraction of sp³-hybridized carbons (Fsp3) is 0.316. The van der Waals surface area contributed by atoms with E-state index in [-0.39, 0.29) is 35.6 Å². The number of oxime groups is 1. The van der Waals surface area contributed by atoms with Gasteiger partial charge in [0.15, 0.2) is 0 Å². The molecule has 0 aromatic heterocycles. The zero-order valence-electron chi connectivity index (χ0n) is 15.5. The summed E-state index contributed by atoms with van der Waals surface area (Å²) in [5, 5.41) is 12.9. The van der Waals surface area contributed by atoms with Gasteiger partial charge in [0.25, 0.3) is 0 Å². The van der Waals surface area contributed by atoms with Crippen LogP contribution in [0.25, 0.3) is 0 Å². The lowest BCUT2D eigenvalue weighted by Crippen LogP contribution is -2.45. The van der Waals surface area contributed by atoms with Crippen LogP contribution in [0.5, 0.6) is 0 Å². The van der Waals surface area contributed by atoms with Crippen molar-refractivity contribution in [2.75, 3.05) is 5.75 Å². The van der Waals surface area contributed by atoms with Gasteiger partial charge in [-0.25, -0.2) is 17.5 Å². The van der Waals surface area contributed by atoms with Gasteiger partial charge in [-0.15, -0.1) is 0 Å². The number of nitrogens with one attached hydrogen (secondary N) is 1. The van der Waals surface area contributed by atoms with Gasteiger partial charge in [-0.3, -0.25) is 0 Å². The van der Waals surface area contributed by atoms with Crippen LogP contribution in [0.2, 0.25) is 0 Å².